The molecule has 0 aliphatic heterocycles. The summed E-state index contributed by atoms with van der Waals surface area (Å²) in [6.07, 6.45) is 2.05. The van der Waals surface area contributed by atoms with Gasteiger partial charge in [-0.3, -0.25) is 13.9 Å². The van der Waals surface area contributed by atoms with E-state index in [4.69, 9.17) is 4.74 Å². The van der Waals surface area contributed by atoms with Gasteiger partial charge in [-0.25, -0.2) is 8.42 Å². The number of aryl methyl sites for hydroxylation is 1. The van der Waals surface area contributed by atoms with Gasteiger partial charge in [0.15, 0.2) is 0 Å². The zero-order valence-corrected chi connectivity index (χ0v) is 23.0. The first-order valence-electron chi connectivity index (χ1n) is 12.2. The molecule has 1 atom stereocenters. The largest absolute Gasteiger partial charge is 0.497 e. The fourth-order valence-electron chi connectivity index (χ4n) is 3.94. The predicted molar refractivity (Wildman–Crippen MR) is 144 cm³/mol. The Bertz CT molecular complexity index is 1100. The van der Waals surface area contributed by atoms with Crippen LogP contribution in [0.15, 0.2) is 48.5 Å². The summed E-state index contributed by atoms with van der Waals surface area (Å²) < 4.78 is 31.4. The van der Waals surface area contributed by atoms with Crippen LogP contribution < -0.4 is 14.4 Å². The Balaban J connectivity index is 2.21. The van der Waals surface area contributed by atoms with Gasteiger partial charge in [-0.05, 0) is 63.4 Å². The second kappa shape index (κ2) is 13.3. The van der Waals surface area contributed by atoms with Crippen molar-refractivity contribution >= 4 is 27.5 Å². The molecule has 2 amide bonds. The molecule has 198 valence electrons. The number of benzene rings is 2. The van der Waals surface area contributed by atoms with Gasteiger partial charge in [-0.2, -0.15) is 0 Å². The van der Waals surface area contributed by atoms with Crippen LogP contribution in [0.25, 0.3) is 0 Å². The number of rotatable bonds is 13. The van der Waals surface area contributed by atoms with E-state index in [1.54, 1.807) is 24.1 Å². The van der Waals surface area contributed by atoms with Gasteiger partial charge in [0.1, 0.15) is 11.8 Å². The Morgan fingerprint density at radius 1 is 1.03 bits per heavy atom. The molecular weight excluding hydrogens is 478 g/mol. The fraction of sp³-hybridized carbons (Fsp3) is 0.481. The second-order valence-electron chi connectivity index (χ2n) is 9.23. The number of carbonyl (C=O) groups is 2. The third-order valence-electron chi connectivity index (χ3n) is 5.80. The maximum Gasteiger partial charge on any atom is 0.243 e. The summed E-state index contributed by atoms with van der Waals surface area (Å²) in [4.78, 5) is 28.0. The lowest BCUT2D eigenvalue weighted by molar-refractivity contribution is -0.141. The Morgan fingerprint density at radius 2 is 1.64 bits per heavy atom. The van der Waals surface area contributed by atoms with Gasteiger partial charge in [-0.1, -0.05) is 36.8 Å². The lowest BCUT2D eigenvalue weighted by Gasteiger charge is -2.31. The number of methoxy groups -OCH3 is 1. The first-order valence-corrected chi connectivity index (χ1v) is 14.1. The lowest BCUT2D eigenvalue weighted by Crippen LogP contribution is -2.50. The zero-order valence-electron chi connectivity index (χ0n) is 22.2. The summed E-state index contributed by atoms with van der Waals surface area (Å²) in [6, 6.07) is 13.9. The highest BCUT2D eigenvalue weighted by Crippen LogP contribution is 2.21. The second-order valence-corrected chi connectivity index (χ2v) is 11.1. The summed E-state index contributed by atoms with van der Waals surface area (Å²) >= 11 is 0. The van der Waals surface area contributed by atoms with Crippen molar-refractivity contribution in [2.24, 2.45) is 0 Å². The average Bonchev–Trinajstić information content (AvgIpc) is 2.81. The minimum atomic E-state index is -3.52. The van der Waals surface area contributed by atoms with Gasteiger partial charge in [-0.15, -0.1) is 0 Å². The molecule has 0 heterocycles. The van der Waals surface area contributed by atoms with Crippen LogP contribution in [0.2, 0.25) is 0 Å². The maximum absolute atomic E-state index is 13.4. The number of ether oxygens (including phenoxy) is 1. The number of hydrogen-bond acceptors (Lipinski definition) is 5. The highest BCUT2D eigenvalue weighted by Gasteiger charge is 2.29. The van der Waals surface area contributed by atoms with Gasteiger partial charge in [0.05, 0.1) is 19.1 Å². The number of anilines is 1. The molecule has 0 bridgehead atoms. The van der Waals surface area contributed by atoms with Gasteiger partial charge in [0.2, 0.25) is 21.8 Å². The highest BCUT2D eigenvalue weighted by atomic mass is 32.2. The molecule has 0 spiro atoms. The topological polar surface area (TPSA) is 96.0 Å². The Labute approximate surface area is 215 Å². The van der Waals surface area contributed by atoms with Crippen LogP contribution in [0.3, 0.4) is 0 Å². The van der Waals surface area contributed by atoms with Crippen molar-refractivity contribution in [3.63, 3.8) is 0 Å². The zero-order chi connectivity index (χ0) is 26.9. The van der Waals surface area contributed by atoms with E-state index < -0.39 is 16.1 Å². The van der Waals surface area contributed by atoms with Gasteiger partial charge in [0, 0.05) is 25.6 Å². The van der Waals surface area contributed by atoms with Crippen LogP contribution in [-0.4, -0.2) is 57.1 Å². The van der Waals surface area contributed by atoms with Crippen molar-refractivity contribution in [2.45, 2.75) is 65.6 Å². The summed E-state index contributed by atoms with van der Waals surface area (Å²) in [7, 11) is -1.93. The molecule has 0 fully saturated rings. The monoisotopic (exact) mass is 517 g/mol. The quantitative estimate of drug-likeness (QED) is 0.435. The molecule has 0 aliphatic carbocycles. The Kier molecular flexibility index (Phi) is 10.8. The van der Waals surface area contributed by atoms with Crippen molar-refractivity contribution in [2.75, 3.05) is 24.2 Å². The highest BCUT2D eigenvalue weighted by molar-refractivity contribution is 7.92. The third-order valence-corrected chi connectivity index (χ3v) is 7.00. The normalized spacial score (nSPS) is 12.2. The minimum absolute atomic E-state index is 0.0534. The Hall–Kier alpha value is -3.07. The van der Waals surface area contributed by atoms with Crippen LogP contribution in [0.1, 0.15) is 51.2 Å². The molecule has 0 aromatic heterocycles. The van der Waals surface area contributed by atoms with Crippen molar-refractivity contribution in [3.05, 3.63) is 59.7 Å². The van der Waals surface area contributed by atoms with Gasteiger partial charge >= 0.3 is 0 Å². The van der Waals surface area contributed by atoms with E-state index in [0.29, 0.717) is 24.3 Å². The van der Waals surface area contributed by atoms with Crippen molar-refractivity contribution < 1.29 is 22.7 Å². The summed E-state index contributed by atoms with van der Waals surface area (Å²) in [5.41, 5.74) is 2.47. The van der Waals surface area contributed by atoms with E-state index in [9.17, 15) is 18.0 Å². The first-order chi connectivity index (χ1) is 17.0. The minimum Gasteiger partial charge on any atom is -0.497 e. The number of nitrogens with one attached hydrogen (secondary N) is 1. The van der Waals surface area contributed by atoms with E-state index in [0.717, 1.165) is 17.4 Å². The molecule has 0 aliphatic rings. The van der Waals surface area contributed by atoms with Crippen LogP contribution >= 0.6 is 0 Å². The molecule has 0 unspecified atom stereocenters. The number of hydrogen-bond donors (Lipinski definition) is 1. The Morgan fingerprint density at radius 3 is 2.14 bits per heavy atom. The first kappa shape index (κ1) is 29.2. The lowest BCUT2D eigenvalue weighted by atomic mass is 10.1. The van der Waals surface area contributed by atoms with E-state index in [2.05, 4.69) is 5.32 Å². The van der Waals surface area contributed by atoms with Crippen molar-refractivity contribution in [1.82, 2.24) is 10.2 Å². The number of sulfonamides is 1. The summed E-state index contributed by atoms with van der Waals surface area (Å²) in [6.45, 7) is 8.00. The van der Waals surface area contributed by atoms with Crippen LogP contribution in [0.5, 0.6) is 5.75 Å². The summed E-state index contributed by atoms with van der Waals surface area (Å²) in [5.74, 6) is 0.305. The van der Waals surface area contributed by atoms with E-state index in [-0.39, 0.29) is 37.4 Å². The molecule has 2 aromatic rings. The molecule has 0 saturated heterocycles. The van der Waals surface area contributed by atoms with Crippen LogP contribution in [0.4, 0.5) is 5.69 Å². The van der Waals surface area contributed by atoms with Gasteiger partial charge in [0.25, 0.3) is 0 Å². The number of carbonyl (C=O) groups excluding carboxylic acids is 2. The average molecular weight is 518 g/mol. The van der Waals surface area contributed by atoms with E-state index in [1.807, 2.05) is 64.1 Å². The molecular formula is C27H39N3O5S. The standard InChI is InChI=1S/C27H39N3O5S/c1-7-25(27(32)28-20(2)3)29(19-22-12-16-24(35-5)17-13-22)26(31)9-8-18-30(36(6,33)34)23-14-10-21(4)11-15-23/h10-17,20,25H,7-9,18-19H2,1-6H3,(H,28,32)/t25-/m0/s1. The third kappa shape index (κ3) is 8.55. The van der Waals surface area contributed by atoms with Crippen molar-refractivity contribution in [3.8, 4) is 5.75 Å². The SMILES string of the molecule is CC[C@@H](C(=O)NC(C)C)N(Cc1ccc(OC)cc1)C(=O)CCCN(c1ccc(C)cc1)S(C)(=O)=O. The van der Waals surface area contributed by atoms with Crippen molar-refractivity contribution in [1.29, 1.82) is 0 Å². The molecule has 1 N–H and O–H groups in total. The molecule has 2 rings (SSSR count). The molecule has 8 nitrogen and oxygen atoms in total. The molecule has 9 heteroatoms. The molecule has 0 radical (unpaired) electrons. The van der Waals surface area contributed by atoms with E-state index >= 15 is 0 Å². The maximum atomic E-state index is 13.4. The number of nitrogens with zero attached hydrogens (tertiary/aromatic N) is 2. The fourth-order valence-corrected chi connectivity index (χ4v) is 4.91. The van der Waals surface area contributed by atoms with Crippen LogP contribution in [-0.2, 0) is 26.2 Å². The molecule has 0 saturated carbocycles. The predicted octanol–water partition coefficient (Wildman–Crippen LogP) is 3.88. The van der Waals surface area contributed by atoms with E-state index in [1.165, 1.54) is 4.31 Å². The number of amides is 2. The summed E-state index contributed by atoms with van der Waals surface area (Å²) in [5, 5.41) is 2.91. The smallest absolute Gasteiger partial charge is 0.243 e. The van der Waals surface area contributed by atoms with Crippen LogP contribution in [0, 0.1) is 6.92 Å². The van der Waals surface area contributed by atoms with Gasteiger partial charge < -0.3 is 15.0 Å². The molecule has 2 aromatic carbocycles. The molecule has 36 heavy (non-hydrogen) atoms.